The van der Waals surface area contributed by atoms with E-state index in [2.05, 4.69) is 0 Å². The van der Waals surface area contributed by atoms with Crippen molar-refractivity contribution in [2.24, 2.45) is 0 Å². The Hall–Kier alpha value is -0.920. The Morgan fingerprint density at radius 3 is 2.67 bits per heavy atom. The number of amides is 1. The molecule has 0 radical (unpaired) electrons. The molecule has 0 aromatic rings. The molecule has 0 atom stereocenters. The molecule has 4 nitrogen and oxygen atoms in total. The van der Waals surface area contributed by atoms with Gasteiger partial charge in [-0.1, -0.05) is 0 Å². The van der Waals surface area contributed by atoms with Crippen LogP contribution >= 0.6 is 0 Å². The summed E-state index contributed by atoms with van der Waals surface area (Å²) in [4.78, 5) is 10.6. The van der Waals surface area contributed by atoms with Gasteiger partial charge in [0.05, 0.1) is 6.07 Å². The summed E-state index contributed by atoms with van der Waals surface area (Å²) in [5.74, 6) is -0.502. The summed E-state index contributed by atoms with van der Waals surface area (Å²) >= 11 is 0. The van der Waals surface area contributed by atoms with Crippen molar-refractivity contribution in [1.29, 1.82) is 5.26 Å². The van der Waals surface area contributed by atoms with Crippen molar-refractivity contribution in [3.63, 3.8) is 0 Å². The topological polar surface area (TPSA) is 63.9 Å². The van der Waals surface area contributed by atoms with Crippen LogP contribution in [0.5, 0.6) is 0 Å². The Kier molecular flexibility index (Phi) is 1.24. The quantitative estimate of drug-likeness (QED) is 0.276. The minimum atomic E-state index is -0.770. The normalized spacial score (nSPS) is 20.4. The highest BCUT2D eigenvalue weighted by atomic mass is 16.6. The zero-order valence-electron chi connectivity index (χ0n) is 4.83. The van der Waals surface area contributed by atoms with Gasteiger partial charge >= 0.3 is 5.91 Å². The molecule has 1 fully saturated rings. The molecule has 1 amide bonds. The van der Waals surface area contributed by atoms with Crippen molar-refractivity contribution in [3.8, 4) is 6.07 Å². The minimum absolute atomic E-state index is 0.247. The summed E-state index contributed by atoms with van der Waals surface area (Å²) in [6.07, 6.45) is -0.247. The number of nitrogens with zero attached hydrogens (tertiary/aromatic N) is 2. The second kappa shape index (κ2) is 1.79. The smallest absolute Gasteiger partial charge is 0.328 e. The Balaban J connectivity index is 2.45. The SMILES string of the molecule is N#CCC(=O)[N+]1([O-])CC1. The van der Waals surface area contributed by atoms with Gasteiger partial charge in [0.25, 0.3) is 0 Å². The Bertz CT molecular complexity index is 178. The lowest BCUT2D eigenvalue weighted by Crippen LogP contribution is -2.25. The van der Waals surface area contributed by atoms with Crippen LogP contribution in [0.4, 0.5) is 0 Å². The summed E-state index contributed by atoms with van der Waals surface area (Å²) in [6.45, 7) is 0.723. The molecule has 9 heavy (non-hydrogen) atoms. The number of hydrogen-bond acceptors (Lipinski definition) is 3. The van der Waals surface area contributed by atoms with E-state index in [1.165, 1.54) is 0 Å². The molecule has 48 valence electrons. The lowest BCUT2D eigenvalue weighted by atomic mass is 10.4. The Morgan fingerprint density at radius 2 is 2.33 bits per heavy atom. The van der Waals surface area contributed by atoms with Crippen molar-refractivity contribution in [2.75, 3.05) is 13.1 Å². The number of hydroxylamine groups is 3. The standard InChI is InChI=1S/C5H6N2O2/c6-2-1-5(8)7(9)3-4-7/h1,3-4H2. The highest BCUT2D eigenvalue weighted by molar-refractivity contribution is 5.72. The maximum absolute atomic E-state index is 10.7. The van der Waals surface area contributed by atoms with Crippen LogP contribution in [0.1, 0.15) is 6.42 Å². The molecule has 0 spiro atoms. The Morgan fingerprint density at radius 1 is 1.78 bits per heavy atom. The van der Waals surface area contributed by atoms with Crippen molar-refractivity contribution in [2.45, 2.75) is 6.42 Å². The largest absolute Gasteiger partial charge is 0.625 e. The molecule has 0 bridgehead atoms. The zero-order valence-corrected chi connectivity index (χ0v) is 4.83. The average molecular weight is 126 g/mol. The molecule has 1 rings (SSSR count). The molecule has 0 aromatic heterocycles. The molecule has 0 aromatic carbocycles. The maximum atomic E-state index is 10.7. The highest BCUT2D eigenvalue weighted by Crippen LogP contribution is 2.19. The molecule has 0 saturated carbocycles. The van der Waals surface area contributed by atoms with Crippen LogP contribution in [0.15, 0.2) is 0 Å². The first-order chi connectivity index (χ1) is 4.19. The first-order valence-corrected chi connectivity index (χ1v) is 2.67. The third-order valence-corrected chi connectivity index (χ3v) is 1.31. The van der Waals surface area contributed by atoms with E-state index in [0.717, 1.165) is 0 Å². The monoisotopic (exact) mass is 126 g/mol. The predicted octanol–water partition coefficient (Wildman–Crippen LogP) is -0.245. The van der Waals surface area contributed by atoms with Gasteiger partial charge in [-0.3, -0.25) is 4.65 Å². The molecule has 1 saturated heterocycles. The predicted molar refractivity (Wildman–Crippen MR) is 28.6 cm³/mol. The van der Waals surface area contributed by atoms with Gasteiger partial charge in [0.2, 0.25) is 0 Å². The van der Waals surface area contributed by atoms with Crippen LogP contribution in [-0.2, 0) is 4.79 Å². The second-order valence-corrected chi connectivity index (χ2v) is 2.07. The average Bonchev–Trinajstić information content (AvgIpc) is 2.50. The molecular formula is C5H6N2O2. The number of carbonyl (C=O) groups is 1. The summed E-state index contributed by atoms with van der Waals surface area (Å²) in [7, 11) is 0. The molecule has 1 heterocycles. The molecule has 0 unspecified atom stereocenters. The molecule has 0 aliphatic carbocycles. The lowest BCUT2D eigenvalue weighted by molar-refractivity contribution is -0.659. The Labute approximate surface area is 52.5 Å². The van der Waals surface area contributed by atoms with Gasteiger partial charge in [-0.15, -0.1) is 0 Å². The molecular weight excluding hydrogens is 120 g/mol. The molecule has 1 aliphatic rings. The summed E-state index contributed by atoms with van der Waals surface area (Å²) in [5.41, 5.74) is 0. The number of rotatable bonds is 1. The van der Waals surface area contributed by atoms with Gasteiger partial charge in [0.1, 0.15) is 13.1 Å². The fourth-order valence-electron chi connectivity index (χ4n) is 0.552. The van der Waals surface area contributed by atoms with Gasteiger partial charge in [-0.05, 0) is 0 Å². The third kappa shape index (κ3) is 1.07. The van der Waals surface area contributed by atoms with Crippen LogP contribution in [0, 0.1) is 16.5 Å². The number of hydrogen-bond donors (Lipinski definition) is 0. The van der Waals surface area contributed by atoms with Gasteiger partial charge < -0.3 is 5.21 Å². The van der Waals surface area contributed by atoms with Gasteiger partial charge in [0, 0.05) is 0 Å². The summed E-state index contributed by atoms with van der Waals surface area (Å²) in [5, 5.41) is 18.7. The maximum Gasteiger partial charge on any atom is 0.328 e. The van der Waals surface area contributed by atoms with Crippen molar-refractivity contribution in [3.05, 3.63) is 5.21 Å². The van der Waals surface area contributed by atoms with E-state index in [1.807, 2.05) is 0 Å². The van der Waals surface area contributed by atoms with E-state index >= 15 is 0 Å². The fraction of sp³-hybridized carbons (Fsp3) is 0.600. The van der Waals surface area contributed by atoms with Gasteiger partial charge in [-0.25, -0.2) is 4.79 Å². The van der Waals surface area contributed by atoms with E-state index in [0.29, 0.717) is 13.1 Å². The van der Waals surface area contributed by atoms with Crippen molar-refractivity contribution >= 4 is 5.91 Å². The van der Waals surface area contributed by atoms with Gasteiger partial charge in [0.15, 0.2) is 6.42 Å². The number of quaternary nitrogens is 1. The second-order valence-electron chi connectivity index (χ2n) is 2.07. The van der Waals surface area contributed by atoms with Crippen molar-refractivity contribution < 1.29 is 9.44 Å². The van der Waals surface area contributed by atoms with E-state index in [4.69, 9.17) is 5.26 Å². The summed E-state index contributed by atoms with van der Waals surface area (Å²) in [6, 6.07) is 1.65. The first-order valence-electron chi connectivity index (χ1n) is 2.67. The van der Waals surface area contributed by atoms with Gasteiger partial charge in [-0.2, -0.15) is 5.26 Å². The molecule has 4 heteroatoms. The summed E-state index contributed by atoms with van der Waals surface area (Å²) < 4.78 is -0.770. The van der Waals surface area contributed by atoms with Crippen LogP contribution in [0.3, 0.4) is 0 Å². The van der Waals surface area contributed by atoms with Crippen LogP contribution in [-0.4, -0.2) is 23.6 Å². The minimum Gasteiger partial charge on any atom is -0.625 e. The van der Waals surface area contributed by atoms with Crippen LogP contribution in [0.2, 0.25) is 0 Å². The van der Waals surface area contributed by atoms with E-state index < -0.39 is 10.6 Å². The van der Waals surface area contributed by atoms with Crippen LogP contribution in [0.25, 0.3) is 0 Å². The van der Waals surface area contributed by atoms with E-state index in [-0.39, 0.29) is 6.42 Å². The van der Waals surface area contributed by atoms with Crippen LogP contribution < -0.4 is 0 Å². The first kappa shape index (κ1) is 6.20. The highest BCUT2D eigenvalue weighted by Gasteiger charge is 2.40. The number of carbonyl (C=O) groups excluding carboxylic acids is 1. The lowest BCUT2D eigenvalue weighted by Gasteiger charge is -2.15. The third-order valence-electron chi connectivity index (χ3n) is 1.31. The molecule has 1 aliphatic heterocycles. The molecule has 0 N–H and O–H groups in total. The number of nitriles is 1. The fourth-order valence-corrected chi connectivity index (χ4v) is 0.552. The van der Waals surface area contributed by atoms with Crippen molar-refractivity contribution in [1.82, 2.24) is 0 Å². The van der Waals surface area contributed by atoms with E-state index in [1.54, 1.807) is 6.07 Å². The van der Waals surface area contributed by atoms with E-state index in [9.17, 15) is 10.0 Å². The zero-order chi connectivity index (χ0) is 6.91.